The Labute approximate surface area is 129 Å². The fraction of sp³-hybridized carbons (Fsp3) is 0.467. The van der Waals surface area contributed by atoms with Gasteiger partial charge in [0.2, 0.25) is 0 Å². The summed E-state index contributed by atoms with van der Waals surface area (Å²) in [5, 5.41) is 14.6. The SMILES string of the molecule is CC(C)(CNC(=O)NCCCC(=O)O)c1cccc(Cl)c1. The molecular formula is C15H21ClN2O3. The third kappa shape index (κ3) is 6.49. The zero-order valence-electron chi connectivity index (χ0n) is 12.3. The van der Waals surface area contributed by atoms with Crippen molar-refractivity contribution in [3.63, 3.8) is 0 Å². The summed E-state index contributed by atoms with van der Waals surface area (Å²) in [4.78, 5) is 22.0. The van der Waals surface area contributed by atoms with E-state index in [-0.39, 0.29) is 17.9 Å². The first-order valence-electron chi connectivity index (χ1n) is 6.81. The highest BCUT2D eigenvalue weighted by Gasteiger charge is 2.21. The largest absolute Gasteiger partial charge is 0.481 e. The van der Waals surface area contributed by atoms with Crippen LogP contribution < -0.4 is 10.6 Å². The van der Waals surface area contributed by atoms with E-state index in [9.17, 15) is 9.59 Å². The quantitative estimate of drug-likeness (QED) is 0.677. The van der Waals surface area contributed by atoms with Crippen LogP contribution in [0.3, 0.4) is 0 Å². The van der Waals surface area contributed by atoms with E-state index in [0.717, 1.165) is 5.56 Å². The molecule has 1 rings (SSSR count). The Morgan fingerprint density at radius 3 is 2.62 bits per heavy atom. The maximum atomic E-state index is 11.6. The molecule has 0 fully saturated rings. The van der Waals surface area contributed by atoms with Crippen LogP contribution in [-0.4, -0.2) is 30.2 Å². The molecule has 0 bridgehead atoms. The molecule has 5 nitrogen and oxygen atoms in total. The lowest BCUT2D eigenvalue weighted by Gasteiger charge is -2.26. The van der Waals surface area contributed by atoms with E-state index >= 15 is 0 Å². The van der Waals surface area contributed by atoms with Crippen LogP contribution in [0.15, 0.2) is 24.3 Å². The van der Waals surface area contributed by atoms with Crippen molar-refractivity contribution in [1.82, 2.24) is 10.6 Å². The van der Waals surface area contributed by atoms with Gasteiger partial charge in [0.15, 0.2) is 0 Å². The zero-order valence-corrected chi connectivity index (χ0v) is 13.0. The Bertz CT molecular complexity index is 503. The number of amides is 2. The minimum Gasteiger partial charge on any atom is -0.481 e. The highest BCUT2D eigenvalue weighted by atomic mass is 35.5. The maximum absolute atomic E-state index is 11.6. The van der Waals surface area contributed by atoms with Crippen LogP contribution in [0, 0.1) is 0 Å². The number of aliphatic carboxylic acids is 1. The molecule has 0 aliphatic heterocycles. The van der Waals surface area contributed by atoms with Gasteiger partial charge in [-0.15, -0.1) is 0 Å². The van der Waals surface area contributed by atoms with Gasteiger partial charge in [0.1, 0.15) is 0 Å². The Morgan fingerprint density at radius 2 is 2.00 bits per heavy atom. The number of nitrogens with one attached hydrogen (secondary N) is 2. The molecule has 21 heavy (non-hydrogen) atoms. The molecule has 0 aliphatic carbocycles. The predicted molar refractivity (Wildman–Crippen MR) is 82.7 cm³/mol. The van der Waals surface area contributed by atoms with Crippen molar-refractivity contribution in [3.8, 4) is 0 Å². The van der Waals surface area contributed by atoms with Gasteiger partial charge in [-0.2, -0.15) is 0 Å². The molecular weight excluding hydrogens is 292 g/mol. The number of hydrogen-bond donors (Lipinski definition) is 3. The van der Waals surface area contributed by atoms with E-state index in [1.165, 1.54) is 0 Å². The Morgan fingerprint density at radius 1 is 1.29 bits per heavy atom. The van der Waals surface area contributed by atoms with E-state index in [1.807, 2.05) is 38.1 Å². The van der Waals surface area contributed by atoms with Gasteiger partial charge in [-0.1, -0.05) is 37.6 Å². The minimum absolute atomic E-state index is 0.0499. The molecule has 0 aliphatic rings. The first kappa shape index (κ1) is 17.3. The number of carboxylic acids is 1. The number of carbonyl (C=O) groups is 2. The van der Waals surface area contributed by atoms with E-state index in [0.29, 0.717) is 24.5 Å². The monoisotopic (exact) mass is 312 g/mol. The second-order valence-corrected chi connectivity index (χ2v) is 5.94. The molecule has 0 aromatic heterocycles. The van der Waals surface area contributed by atoms with E-state index < -0.39 is 5.97 Å². The minimum atomic E-state index is -0.862. The van der Waals surface area contributed by atoms with Crippen molar-refractivity contribution < 1.29 is 14.7 Å². The molecule has 1 aromatic rings. The van der Waals surface area contributed by atoms with Gasteiger partial charge in [0.25, 0.3) is 0 Å². The summed E-state index contributed by atoms with van der Waals surface area (Å²) in [6.07, 6.45) is 0.467. The summed E-state index contributed by atoms with van der Waals surface area (Å²) in [5.74, 6) is -0.862. The fourth-order valence-electron chi connectivity index (χ4n) is 1.82. The first-order chi connectivity index (χ1) is 9.81. The molecule has 0 saturated carbocycles. The van der Waals surface area contributed by atoms with Gasteiger partial charge >= 0.3 is 12.0 Å². The van der Waals surface area contributed by atoms with Gasteiger partial charge in [-0.05, 0) is 24.1 Å². The summed E-state index contributed by atoms with van der Waals surface area (Å²) < 4.78 is 0. The van der Waals surface area contributed by atoms with Crippen LogP contribution >= 0.6 is 11.6 Å². The third-order valence-corrected chi connectivity index (χ3v) is 3.39. The smallest absolute Gasteiger partial charge is 0.314 e. The normalized spacial score (nSPS) is 11.0. The Balaban J connectivity index is 2.39. The highest BCUT2D eigenvalue weighted by molar-refractivity contribution is 6.30. The molecule has 0 atom stereocenters. The first-order valence-corrected chi connectivity index (χ1v) is 7.18. The summed E-state index contributed by atoms with van der Waals surface area (Å²) >= 11 is 5.98. The molecule has 0 unspecified atom stereocenters. The van der Waals surface area contributed by atoms with E-state index in [2.05, 4.69) is 10.6 Å². The zero-order chi connectivity index (χ0) is 15.9. The van der Waals surface area contributed by atoms with Crippen LogP contribution in [0.4, 0.5) is 4.79 Å². The summed E-state index contributed by atoms with van der Waals surface area (Å²) in [6.45, 7) is 4.83. The van der Waals surface area contributed by atoms with Crippen molar-refractivity contribution in [3.05, 3.63) is 34.9 Å². The van der Waals surface area contributed by atoms with Crippen LogP contribution in [0.5, 0.6) is 0 Å². The number of urea groups is 1. The third-order valence-electron chi connectivity index (χ3n) is 3.15. The molecule has 0 heterocycles. The molecule has 0 radical (unpaired) electrons. The lowest BCUT2D eigenvalue weighted by molar-refractivity contribution is -0.137. The molecule has 0 spiro atoms. The standard InChI is InChI=1S/C15H21ClN2O3/c1-15(2,11-5-3-6-12(16)9-11)10-18-14(21)17-8-4-7-13(19)20/h3,5-6,9H,4,7-8,10H2,1-2H3,(H,19,20)(H2,17,18,21). The Kier molecular flexibility index (Phi) is 6.49. The van der Waals surface area contributed by atoms with Crippen LogP contribution in [0.2, 0.25) is 5.02 Å². The number of carboxylic acid groups (broad SMARTS) is 1. The van der Waals surface area contributed by atoms with Crippen LogP contribution in [0.25, 0.3) is 0 Å². The van der Waals surface area contributed by atoms with Gasteiger partial charge in [0, 0.05) is 29.9 Å². The van der Waals surface area contributed by atoms with Gasteiger partial charge < -0.3 is 15.7 Å². The predicted octanol–water partition coefficient (Wildman–Crippen LogP) is 2.78. The number of carbonyl (C=O) groups excluding carboxylic acids is 1. The van der Waals surface area contributed by atoms with Crippen molar-refractivity contribution >= 4 is 23.6 Å². The lowest BCUT2D eigenvalue weighted by atomic mass is 9.85. The maximum Gasteiger partial charge on any atom is 0.314 e. The van der Waals surface area contributed by atoms with Gasteiger partial charge in [-0.3, -0.25) is 4.79 Å². The average Bonchev–Trinajstić information content (AvgIpc) is 2.41. The molecule has 0 saturated heterocycles. The second-order valence-electron chi connectivity index (χ2n) is 5.50. The lowest BCUT2D eigenvalue weighted by Crippen LogP contribution is -2.42. The van der Waals surface area contributed by atoms with Crippen LogP contribution in [-0.2, 0) is 10.2 Å². The molecule has 1 aromatic carbocycles. The Hall–Kier alpha value is -1.75. The number of hydrogen-bond acceptors (Lipinski definition) is 2. The van der Waals surface area contributed by atoms with Crippen molar-refractivity contribution in [2.24, 2.45) is 0 Å². The molecule has 116 valence electrons. The highest BCUT2D eigenvalue weighted by Crippen LogP contribution is 2.24. The molecule has 6 heteroatoms. The number of rotatable bonds is 7. The van der Waals surface area contributed by atoms with E-state index in [1.54, 1.807) is 0 Å². The molecule has 3 N–H and O–H groups in total. The van der Waals surface area contributed by atoms with Gasteiger partial charge in [-0.25, -0.2) is 4.79 Å². The number of halogens is 1. The summed E-state index contributed by atoms with van der Waals surface area (Å²) in [7, 11) is 0. The van der Waals surface area contributed by atoms with Crippen molar-refractivity contribution in [2.45, 2.75) is 32.1 Å². The number of benzene rings is 1. The topological polar surface area (TPSA) is 78.4 Å². The fourth-order valence-corrected chi connectivity index (χ4v) is 2.01. The molecule has 2 amide bonds. The van der Waals surface area contributed by atoms with Gasteiger partial charge in [0.05, 0.1) is 0 Å². The van der Waals surface area contributed by atoms with E-state index in [4.69, 9.17) is 16.7 Å². The summed E-state index contributed by atoms with van der Waals surface area (Å²) in [5.41, 5.74) is 0.796. The average molecular weight is 313 g/mol. The van der Waals surface area contributed by atoms with Crippen molar-refractivity contribution in [2.75, 3.05) is 13.1 Å². The van der Waals surface area contributed by atoms with Crippen LogP contribution in [0.1, 0.15) is 32.3 Å². The second kappa shape index (κ2) is 7.88. The van der Waals surface area contributed by atoms with Crippen molar-refractivity contribution in [1.29, 1.82) is 0 Å². The summed E-state index contributed by atoms with van der Waals surface area (Å²) in [6, 6.07) is 7.25.